The van der Waals surface area contributed by atoms with Gasteiger partial charge in [0.25, 0.3) is 5.75 Å². The average Bonchev–Trinajstić information content (AvgIpc) is 2.20. The molecule has 0 aliphatic carbocycles. The Morgan fingerprint density at radius 3 is 0.917 bits per heavy atom. The molecule has 8 nitrogen and oxygen atoms in total. The first kappa shape index (κ1) is 24.5. The molecule has 0 bridgehead atoms. The summed E-state index contributed by atoms with van der Waals surface area (Å²) in [5.74, 6) is -1.73. The van der Waals surface area contributed by atoms with Gasteiger partial charge in [0.1, 0.15) is 0 Å². The van der Waals surface area contributed by atoms with E-state index in [1.165, 1.54) is 0 Å². The van der Waals surface area contributed by atoms with Gasteiger partial charge in [-0.1, -0.05) is 11.6 Å². The highest BCUT2D eigenvalue weighted by Crippen LogP contribution is 2.58. The van der Waals surface area contributed by atoms with Crippen LogP contribution in [0.5, 0.6) is 0 Å². The van der Waals surface area contributed by atoms with Crippen molar-refractivity contribution in [3.8, 4) is 0 Å². The molecule has 0 radical (unpaired) electrons. The highest BCUT2D eigenvalue weighted by molar-refractivity contribution is 7.49. The molecule has 0 heterocycles. The van der Waals surface area contributed by atoms with Crippen LogP contribution in [0.25, 0.3) is 0 Å². The molecular formula is C13H29ClO8P2. The maximum Gasteiger partial charge on any atom is 0.478 e. The van der Waals surface area contributed by atoms with E-state index in [2.05, 4.69) is 0 Å². The molecule has 0 aromatic heterocycles. The van der Waals surface area contributed by atoms with Crippen molar-refractivity contribution in [1.29, 1.82) is 0 Å². The van der Waals surface area contributed by atoms with Crippen LogP contribution in [0.1, 0.15) is 55.4 Å². The number of hydrogen-bond donors (Lipinski definition) is 0. The van der Waals surface area contributed by atoms with Crippen molar-refractivity contribution in [2.45, 2.75) is 85.6 Å². The van der Waals surface area contributed by atoms with Crippen molar-refractivity contribution < 1.29 is 36.3 Å². The van der Waals surface area contributed by atoms with Crippen LogP contribution in [0.4, 0.5) is 0 Å². The fourth-order valence-corrected chi connectivity index (χ4v) is 4.91. The number of alkyl halides is 1. The fraction of sp³-hybridized carbons (Fsp3) is 1.00. The van der Waals surface area contributed by atoms with Crippen molar-refractivity contribution in [2.24, 2.45) is 0 Å². The predicted molar refractivity (Wildman–Crippen MR) is 91.9 cm³/mol. The molecule has 146 valence electrons. The van der Waals surface area contributed by atoms with E-state index in [0.717, 1.165) is 0 Å². The lowest BCUT2D eigenvalue weighted by Gasteiger charge is -2.26. The van der Waals surface area contributed by atoms with Gasteiger partial charge in [-0.3, -0.25) is 18.1 Å². The SMILES string of the molecule is CC(C)OP(=O)(OC(C)C)OC(Cl)OP(=O)(OC(C)C)OC(C)C. The molecule has 0 fully saturated rings. The third-order valence-electron chi connectivity index (χ3n) is 1.78. The van der Waals surface area contributed by atoms with Crippen LogP contribution < -0.4 is 0 Å². The van der Waals surface area contributed by atoms with Gasteiger partial charge in [0.2, 0.25) is 0 Å². The molecule has 0 saturated carbocycles. The van der Waals surface area contributed by atoms with Crippen molar-refractivity contribution >= 4 is 27.2 Å². The molecule has 11 heteroatoms. The largest absolute Gasteiger partial charge is 0.478 e. The second-order valence-electron chi connectivity index (χ2n) is 6.00. The summed E-state index contributed by atoms with van der Waals surface area (Å²) in [5.41, 5.74) is 0. The van der Waals surface area contributed by atoms with E-state index in [4.69, 9.17) is 38.7 Å². The third-order valence-corrected chi connectivity index (χ3v) is 5.83. The van der Waals surface area contributed by atoms with E-state index < -0.39 is 45.8 Å². The second-order valence-corrected chi connectivity index (χ2v) is 9.41. The van der Waals surface area contributed by atoms with Gasteiger partial charge in [0, 0.05) is 0 Å². The summed E-state index contributed by atoms with van der Waals surface area (Å²) in [6.45, 7) is 13.2. The second kappa shape index (κ2) is 10.6. The lowest BCUT2D eigenvalue weighted by molar-refractivity contribution is -0.0246. The summed E-state index contributed by atoms with van der Waals surface area (Å²) in [5, 5.41) is 0. The Balaban J connectivity index is 5.10. The molecule has 24 heavy (non-hydrogen) atoms. The monoisotopic (exact) mass is 410 g/mol. The quantitative estimate of drug-likeness (QED) is 0.238. The van der Waals surface area contributed by atoms with Gasteiger partial charge < -0.3 is 0 Å². The molecule has 0 unspecified atom stereocenters. The van der Waals surface area contributed by atoms with Crippen molar-refractivity contribution in [3.05, 3.63) is 0 Å². The van der Waals surface area contributed by atoms with Crippen molar-refractivity contribution in [2.75, 3.05) is 0 Å². The standard InChI is InChI=1S/C13H29ClO8P2/c1-9(2)17-23(15,18-10(3)4)21-13(14)22-24(16,19-11(5)6)20-12(7)8/h9-13H,1-8H3. The minimum absolute atomic E-state index is 0.455. The van der Waals surface area contributed by atoms with Crippen LogP contribution in [0.2, 0.25) is 0 Å². The molecule has 0 atom stereocenters. The van der Waals surface area contributed by atoms with Crippen LogP contribution in [-0.2, 0) is 36.3 Å². The Morgan fingerprint density at radius 1 is 0.542 bits per heavy atom. The number of hydrogen-bond acceptors (Lipinski definition) is 8. The summed E-state index contributed by atoms with van der Waals surface area (Å²) in [4.78, 5) is 0. The van der Waals surface area contributed by atoms with Gasteiger partial charge in [-0.25, -0.2) is 18.2 Å². The average molecular weight is 411 g/mol. The Labute approximate surface area is 149 Å². The lowest BCUT2D eigenvalue weighted by Crippen LogP contribution is -2.18. The van der Waals surface area contributed by atoms with Crippen LogP contribution >= 0.6 is 27.2 Å². The van der Waals surface area contributed by atoms with Crippen LogP contribution in [-0.4, -0.2) is 30.2 Å². The molecule has 0 saturated heterocycles. The van der Waals surface area contributed by atoms with E-state index in [1.54, 1.807) is 55.4 Å². The maximum absolute atomic E-state index is 12.6. The summed E-state index contributed by atoms with van der Waals surface area (Å²) in [6.07, 6.45) is -1.82. The van der Waals surface area contributed by atoms with Crippen LogP contribution in [0.15, 0.2) is 0 Å². The van der Waals surface area contributed by atoms with E-state index in [-0.39, 0.29) is 0 Å². The first-order chi connectivity index (χ1) is 10.8. The van der Waals surface area contributed by atoms with Gasteiger partial charge in [-0.15, -0.1) is 0 Å². The number of halogens is 1. The minimum Gasteiger partial charge on any atom is -0.284 e. The zero-order valence-corrected chi connectivity index (χ0v) is 18.0. The summed E-state index contributed by atoms with van der Waals surface area (Å²) >= 11 is 5.87. The van der Waals surface area contributed by atoms with Crippen molar-refractivity contribution in [1.82, 2.24) is 0 Å². The number of phosphoric ester groups is 2. The van der Waals surface area contributed by atoms with E-state index in [9.17, 15) is 9.13 Å². The first-order valence-corrected chi connectivity index (χ1v) is 11.1. The van der Waals surface area contributed by atoms with Crippen LogP contribution in [0.3, 0.4) is 0 Å². The Hall–Kier alpha value is 0.510. The summed E-state index contributed by atoms with van der Waals surface area (Å²) in [6, 6.07) is 0. The highest BCUT2D eigenvalue weighted by atomic mass is 35.5. The zero-order chi connectivity index (χ0) is 19.1. The summed E-state index contributed by atoms with van der Waals surface area (Å²) in [7, 11) is -8.06. The van der Waals surface area contributed by atoms with Gasteiger partial charge in [0.05, 0.1) is 24.4 Å². The van der Waals surface area contributed by atoms with Gasteiger partial charge in [-0.05, 0) is 55.4 Å². The molecule has 0 aromatic carbocycles. The Bertz CT molecular complexity index is 387. The van der Waals surface area contributed by atoms with E-state index in [0.29, 0.717) is 0 Å². The smallest absolute Gasteiger partial charge is 0.284 e. The molecule has 0 aromatic rings. The number of rotatable bonds is 12. The highest BCUT2D eigenvalue weighted by Gasteiger charge is 2.39. The van der Waals surface area contributed by atoms with Crippen molar-refractivity contribution in [3.63, 3.8) is 0 Å². The molecule has 0 aliphatic heterocycles. The van der Waals surface area contributed by atoms with E-state index >= 15 is 0 Å². The first-order valence-electron chi connectivity index (χ1n) is 7.71. The molecule has 0 rings (SSSR count). The Morgan fingerprint density at radius 2 is 0.750 bits per heavy atom. The molecule has 0 aliphatic rings. The third kappa shape index (κ3) is 11.2. The minimum atomic E-state index is -4.03. The molecule has 0 amide bonds. The predicted octanol–water partition coefficient (Wildman–Crippen LogP) is 5.46. The topological polar surface area (TPSA) is 89.5 Å². The number of phosphoric acid groups is 2. The van der Waals surface area contributed by atoms with E-state index in [1.807, 2.05) is 0 Å². The van der Waals surface area contributed by atoms with Gasteiger partial charge in [0.15, 0.2) is 0 Å². The fourth-order valence-electron chi connectivity index (χ4n) is 1.40. The molecule has 0 N–H and O–H groups in total. The van der Waals surface area contributed by atoms with Gasteiger partial charge >= 0.3 is 15.6 Å². The lowest BCUT2D eigenvalue weighted by atomic mass is 10.5. The normalized spacial score (nSPS) is 13.9. The van der Waals surface area contributed by atoms with Crippen LogP contribution in [0, 0.1) is 0 Å². The molecular weight excluding hydrogens is 382 g/mol. The summed E-state index contributed by atoms with van der Waals surface area (Å²) < 4.78 is 55.9. The maximum atomic E-state index is 12.6. The Kier molecular flexibility index (Phi) is 10.8. The zero-order valence-electron chi connectivity index (χ0n) is 15.4. The van der Waals surface area contributed by atoms with Gasteiger partial charge in [-0.2, -0.15) is 0 Å². The molecule has 0 spiro atoms.